The van der Waals surface area contributed by atoms with Crippen LogP contribution < -0.4 is 4.90 Å². The van der Waals surface area contributed by atoms with Gasteiger partial charge in [0.05, 0.1) is 19.3 Å². The summed E-state index contributed by atoms with van der Waals surface area (Å²) in [5.41, 5.74) is 0. The molecule has 2 saturated heterocycles. The molecular formula is C13H18IN3O. The van der Waals surface area contributed by atoms with Gasteiger partial charge in [0.2, 0.25) is 0 Å². The molecule has 0 N–H and O–H groups in total. The Morgan fingerprint density at radius 3 is 2.83 bits per heavy atom. The van der Waals surface area contributed by atoms with Gasteiger partial charge in [0, 0.05) is 35.4 Å². The highest BCUT2D eigenvalue weighted by molar-refractivity contribution is 14.1. The fraction of sp³-hybridized carbons (Fsp3) is 0.615. The van der Waals surface area contributed by atoms with E-state index in [2.05, 4.69) is 50.4 Å². The molecule has 2 fully saturated rings. The van der Waals surface area contributed by atoms with Crippen LogP contribution in [0.2, 0.25) is 0 Å². The van der Waals surface area contributed by atoms with Crippen molar-refractivity contribution in [3.05, 3.63) is 21.9 Å². The number of ether oxygens (including phenoxy) is 1. The van der Waals surface area contributed by atoms with Crippen LogP contribution >= 0.6 is 22.6 Å². The van der Waals surface area contributed by atoms with Crippen LogP contribution in [0.25, 0.3) is 0 Å². The summed E-state index contributed by atoms with van der Waals surface area (Å²) in [6.07, 6.45) is 1.90. The largest absolute Gasteiger partial charge is 0.378 e. The number of piperazine rings is 1. The van der Waals surface area contributed by atoms with Crippen LogP contribution in [-0.4, -0.2) is 54.8 Å². The van der Waals surface area contributed by atoms with E-state index in [-0.39, 0.29) is 0 Å². The Hall–Kier alpha value is -0.400. The zero-order chi connectivity index (χ0) is 12.5. The van der Waals surface area contributed by atoms with E-state index in [1.807, 2.05) is 12.3 Å². The van der Waals surface area contributed by atoms with Crippen molar-refractivity contribution >= 4 is 28.4 Å². The molecular weight excluding hydrogens is 341 g/mol. The summed E-state index contributed by atoms with van der Waals surface area (Å²) < 4.78 is 6.55. The second-order valence-corrected chi connectivity index (χ2v) is 6.30. The minimum Gasteiger partial charge on any atom is -0.378 e. The quantitative estimate of drug-likeness (QED) is 0.750. The third-order valence-corrected chi connectivity index (χ3v) is 4.47. The first-order valence-electron chi connectivity index (χ1n) is 6.44. The van der Waals surface area contributed by atoms with E-state index >= 15 is 0 Å². The van der Waals surface area contributed by atoms with E-state index in [1.54, 1.807) is 0 Å². The molecule has 1 atom stereocenters. The molecule has 0 bridgehead atoms. The third-order valence-electron chi connectivity index (χ3n) is 3.80. The van der Waals surface area contributed by atoms with Gasteiger partial charge in [-0.15, -0.1) is 0 Å². The molecule has 0 amide bonds. The Kier molecular flexibility index (Phi) is 3.72. The molecule has 2 aliphatic rings. The molecule has 3 heterocycles. The number of nitrogens with zero attached hydrogens (tertiary/aromatic N) is 3. The van der Waals surface area contributed by atoms with Gasteiger partial charge in [-0.2, -0.15) is 0 Å². The highest BCUT2D eigenvalue weighted by Crippen LogP contribution is 2.22. The molecule has 0 aromatic carbocycles. The van der Waals surface area contributed by atoms with Gasteiger partial charge in [-0.25, -0.2) is 4.98 Å². The second kappa shape index (κ2) is 5.30. The summed E-state index contributed by atoms with van der Waals surface area (Å²) in [5, 5.41) is 0. The molecule has 0 spiro atoms. The summed E-state index contributed by atoms with van der Waals surface area (Å²) >= 11 is 2.34. The van der Waals surface area contributed by atoms with Crippen molar-refractivity contribution in [2.75, 3.05) is 37.7 Å². The van der Waals surface area contributed by atoms with Crippen LogP contribution in [0, 0.1) is 3.57 Å². The van der Waals surface area contributed by atoms with Gasteiger partial charge in [0.15, 0.2) is 0 Å². The summed E-state index contributed by atoms with van der Waals surface area (Å²) in [6, 6.07) is 5.42. The van der Waals surface area contributed by atoms with Crippen LogP contribution in [0.4, 0.5) is 5.82 Å². The van der Waals surface area contributed by atoms with E-state index in [0.717, 1.165) is 38.7 Å². The Morgan fingerprint density at radius 2 is 2.22 bits per heavy atom. The minimum absolute atomic E-state index is 0.576. The van der Waals surface area contributed by atoms with Gasteiger partial charge in [0.25, 0.3) is 0 Å². The van der Waals surface area contributed by atoms with E-state index in [4.69, 9.17) is 4.74 Å². The Bertz CT molecular complexity index is 424. The number of hydrogen-bond donors (Lipinski definition) is 0. The molecule has 0 unspecified atom stereocenters. The summed E-state index contributed by atoms with van der Waals surface area (Å²) in [6.45, 7) is 7.36. The molecule has 3 rings (SSSR count). The average molecular weight is 359 g/mol. The van der Waals surface area contributed by atoms with Crippen LogP contribution in [0.1, 0.15) is 6.92 Å². The first kappa shape index (κ1) is 12.6. The molecule has 0 aliphatic carbocycles. The van der Waals surface area contributed by atoms with Crippen molar-refractivity contribution in [3.8, 4) is 0 Å². The predicted molar refractivity (Wildman–Crippen MR) is 79.9 cm³/mol. The van der Waals surface area contributed by atoms with Crippen LogP contribution in [0.15, 0.2) is 18.3 Å². The number of hydrogen-bond acceptors (Lipinski definition) is 4. The molecule has 1 aromatic heterocycles. The maximum absolute atomic E-state index is 5.30. The van der Waals surface area contributed by atoms with E-state index in [0.29, 0.717) is 12.1 Å². The molecule has 5 heteroatoms. The molecule has 0 saturated carbocycles. The van der Waals surface area contributed by atoms with Crippen LogP contribution in [0.5, 0.6) is 0 Å². The summed E-state index contributed by atoms with van der Waals surface area (Å²) in [4.78, 5) is 9.45. The molecule has 4 nitrogen and oxygen atoms in total. The normalized spacial score (nSPS) is 26.1. The standard InChI is InChI=1S/C13H18IN3O/c1-10-7-16(13-6-11(14)2-3-15-13)4-5-17(10)12-8-18-9-12/h2-3,6,10,12H,4-5,7-9H2,1H3/t10-/m0/s1. The van der Waals surface area contributed by atoms with Gasteiger partial charge in [-0.3, -0.25) is 4.90 Å². The van der Waals surface area contributed by atoms with Crippen molar-refractivity contribution < 1.29 is 4.74 Å². The first-order chi connectivity index (χ1) is 8.74. The zero-order valence-corrected chi connectivity index (χ0v) is 12.7. The van der Waals surface area contributed by atoms with Gasteiger partial charge in [-0.05, 0) is 41.6 Å². The lowest BCUT2D eigenvalue weighted by Gasteiger charge is -2.46. The highest BCUT2D eigenvalue weighted by atomic mass is 127. The number of halogens is 1. The third kappa shape index (κ3) is 2.48. The Morgan fingerprint density at radius 1 is 1.39 bits per heavy atom. The Balaban J connectivity index is 1.67. The van der Waals surface area contributed by atoms with Crippen molar-refractivity contribution in [1.29, 1.82) is 0 Å². The Labute approximate surface area is 121 Å². The number of anilines is 1. The summed E-state index contributed by atoms with van der Waals surface area (Å²) in [5.74, 6) is 1.11. The lowest BCUT2D eigenvalue weighted by Crippen LogP contribution is -2.60. The van der Waals surface area contributed by atoms with Gasteiger partial charge in [0.1, 0.15) is 5.82 Å². The smallest absolute Gasteiger partial charge is 0.129 e. The molecule has 1 aromatic rings. The number of rotatable bonds is 2. The van der Waals surface area contributed by atoms with Crippen molar-refractivity contribution in [1.82, 2.24) is 9.88 Å². The fourth-order valence-corrected chi connectivity index (χ4v) is 3.14. The molecule has 2 aliphatic heterocycles. The molecule has 18 heavy (non-hydrogen) atoms. The average Bonchev–Trinajstić information content (AvgIpc) is 2.29. The minimum atomic E-state index is 0.576. The van der Waals surface area contributed by atoms with Gasteiger partial charge >= 0.3 is 0 Å². The molecule has 0 radical (unpaired) electrons. The first-order valence-corrected chi connectivity index (χ1v) is 7.52. The van der Waals surface area contributed by atoms with Crippen LogP contribution in [0.3, 0.4) is 0 Å². The van der Waals surface area contributed by atoms with Crippen LogP contribution in [-0.2, 0) is 4.74 Å². The monoisotopic (exact) mass is 359 g/mol. The van der Waals surface area contributed by atoms with Crippen molar-refractivity contribution in [3.63, 3.8) is 0 Å². The lowest BCUT2D eigenvalue weighted by molar-refractivity contribution is -0.0793. The van der Waals surface area contributed by atoms with E-state index in [9.17, 15) is 0 Å². The predicted octanol–water partition coefficient (Wildman–Crippen LogP) is 1.60. The van der Waals surface area contributed by atoms with Crippen molar-refractivity contribution in [2.45, 2.75) is 19.0 Å². The molecule has 98 valence electrons. The number of aromatic nitrogens is 1. The second-order valence-electron chi connectivity index (χ2n) is 5.06. The highest BCUT2D eigenvalue weighted by Gasteiger charge is 2.33. The maximum atomic E-state index is 5.30. The SMILES string of the molecule is C[C@H]1CN(c2cc(I)ccn2)CCN1C1COC1. The van der Waals surface area contributed by atoms with E-state index in [1.165, 1.54) is 3.57 Å². The number of pyridine rings is 1. The zero-order valence-electron chi connectivity index (χ0n) is 10.6. The fourth-order valence-electron chi connectivity index (χ4n) is 2.70. The lowest BCUT2D eigenvalue weighted by atomic mass is 10.1. The topological polar surface area (TPSA) is 28.6 Å². The van der Waals surface area contributed by atoms with Gasteiger partial charge < -0.3 is 9.64 Å². The maximum Gasteiger partial charge on any atom is 0.129 e. The van der Waals surface area contributed by atoms with Gasteiger partial charge in [-0.1, -0.05) is 0 Å². The van der Waals surface area contributed by atoms with Crippen molar-refractivity contribution in [2.24, 2.45) is 0 Å². The van der Waals surface area contributed by atoms with E-state index < -0.39 is 0 Å². The summed E-state index contributed by atoms with van der Waals surface area (Å²) in [7, 11) is 0.